The van der Waals surface area contributed by atoms with E-state index in [0.29, 0.717) is 6.54 Å². The number of amides is 1. The van der Waals surface area contributed by atoms with Gasteiger partial charge in [-0.25, -0.2) is 9.59 Å². The maximum absolute atomic E-state index is 11.5. The number of fused-ring (bicyclic) bond motifs is 1. The van der Waals surface area contributed by atoms with Gasteiger partial charge < -0.3 is 20.0 Å². The molecule has 21 heavy (non-hydrogen) atoms. The number of hydrogen-bond donors (Lipinski definition) is 3. The second kappa shape index (κ2) is 6.26. The van der Waals surface area contributed by atoms with E-state index in [9.17, 15) is 9.59 Å². The van der Waals surface area contributed by atoms with Gasteiger partial charge in [-0.3, -0.25) is 0 Å². The number of H-pyrrole nitrogens is 2. The van der Waals surface area contributed by atoms with Crippen molar-refractivity contribution >= 4 is 28.9 Å². The van der Waals surface area contributed by atoms with Crippen LogP contribution in [0.25, 0.3) is 11.0 Å². The predicted molar refractivity (Wildman–Crippen MR) is 83.9 cm³/mol. The molecule has 1 aromatic carbocycles. The fourth-order valence-electron chi connectivity index (χ4n) is 1.74. The summed E-state index contributed by atoms with van der Waals surface area (Å²) in [5.74, 6) is 0.722. The summed E-state index contributed by atoms with van der Waals surface area (Å²) in [7, 11) is 0. The van der Waals surface area contributed by atoms with Crippen LogP contribution in [0.3, 0.4) is 0 Å². The normalized spacial score (nSPS) is 11.6. The highest BCUT2D eigenvalue weighted by Crippen LogP contribution is 2.20. The number of carbonyl (C=O) groups excluding carboxylic acids is 1. The molecule has 114 valence electrons. The minimum Gasteiger partial charge on any atom is -0.444 e. The van der Waals surface area contributed by atoms with Crippen LogP contribution < -0.4 is 11.0 Å². The minimum atomic E-state index is -0.484. The fourth-order valence-corrected chi connectivity index (χ4v) is 2.54. The van der Waals surface area contributed by atoms with Crippen molar-refractivity contribution in [1.29, 1.82) is 0 Å². The molecule has 2 rings (SSSR count). The Hall–Kier alpha value is -1.89. The molecule has 0 aliphatic heterocycles. The minimum absolute atomic E-state index is 0.209. The van der Waals surface area contributed by atoms with E-state index in [4.69, 9.17) is 4.74 Å². The van der Waals surface area contributed by atoms with Crippen LogP contribution in [-0.4, -0.2) is 34.0 Å². The van der Waals surface area contributed by atoms with Crippen LogP contribution in [0.2, 0.25) is 0 Å². The number of ether oxygens (including phenoxy) is 1. The smallest absolute Gasteiger partial charge is 0.407 e. The lowest BCUT2D eigenvalue weighted by molar-refractivity contribution is 0.0531. The number of carbonyl (C=O) groups is 1. The van der Waals surface area contributed by atoms with E-state index in [-0.39, 0.29) is 5.69 Å². The molecule has 0 atom stereocenters. The molecule has 0 unspecified atom stereocenters. The summed E-state index contributed by atoms with van der Waals surface area (Å²) in [6, 6.07) is 5.70. The summed E-state index contributed by atoms with van der Waals surface area (Å²) in [4.78, 5) is 29.1. The highest BCUT2D eigenvalue weighted by Gasteiger charge is 2.15. The number of rotatable bonds is 4. The number of hydrogen-bond acceptors (Lipinski definition) is 4. The van der Waals surface area contributed by atoms with E-state index in [1.165, 1.54) is 0 Å². The van der Waals surface area contributed by atoms with Crippen LogP contribution in [0.1, 0.15) is 20.8 Å². The van der Waals surface area contributed by atoms with Crippen LogP contribution in [-0.2, 0) is 4.74 Å². The first-order valence-electron chi connectivity index (χ1n) is 6.65. The standard InChI is InChI=1S/C14H19N3O3S/c1-14(2,3)20-13(19)15-6-7-21-9-4-5-10-11(8-9)17-12(18)16-10/h4-5,8H,6-7H2,1-3H3,(H,15,19)(H2,16,17,18). The molecule has 0 bridgehead atoms. The second-order valence-corrected chi connectivity index (χ2v) is 6.73. The summed E-state index contributed by atoms with van der Waals surface area (Å²) in [5, 5.41) is 2.70. The summed E-state index contributed by atoms with van der Waals surface area (Å²) in [5.41, 5.74) is 0.877. The Balaban J connectivity index is 1.80. The van der Waals surface area contributed by atoms with E-state index in [2.05, 4.69) is 15.3 Å². The highest BCUT2D eigenvalue weighted by atomic mass is 32.2. The third-order valence-electron chi connectivity index (χ3n) is 2.53. The molecule has 3 N–H and O–H groups in total. The first-order valence-corrected chi connectivity index (χ1v) is 7.64. The van der Waals surface area contributed by atoms with Crippen LogP contribution in [0.5, 0.6) is 0 Å². The molecular formula is C14H19N3O3S. The molecule has 2 aromatic rings. The first-order chi connectivity index (χ1) is 9.83. The van der Waals surface area contributed by atoms with E-state index < -0.39 is 11.7 Å². The number of aromatic amines is 2. The molecule has 0 saturated heterocycles. The Bertz CT molecular complexity index is 685. The zero-order valence-corrected chi connectivity index (χ0v) is 13.1. The van der Waals surface area contributed by atoms with Gasteiger partial charge in [0, 0.05) is 17.2 Å². The van der Waals surface area contributed by atoms with Gasteiger partial charge in [0.05, 0.1) is 11.0 Å². The van der Waals surface area contributed by atoms with Crippen molar-refractivity contribution in [2.75, 3.05) is 12.3 Å². The molecule has 0 fully saturated rings. The van der Waals surface area contributed by atoms with Crippen molar-refractivity contribution in [2.24, 2.45) is 0 Å². The molecule has 1 heterocycles. The van der Waals surface area contributed by atoms with Crippen molar-refractivity contribution in [3.05, 3.63) is 28.7 Å². The average Bonchev–Trinajstić information content (AvgIpc) is 2.71. The Morgan fingerprint density at radius 2 is 2.00 bits per heavy atom. The zero-order chi connectivity index (χ0) is 15.5. The third-order valence-corrected chi connectivity index (χ3v) is 3.52. The molecule has 0 aliphatic carbocycles. The Labute approximate surface area is 126 Å². The van der Waals surface area contributed by atoms with Gasteiger partial charge in [-0.1, -0.05) is 0 Å². The second-order valence-electron chi connectivity index (χ2n) is 5.56. The van der Waals surface area contributed by atoms with Crippen molar-refractivity contribution in [1.82, 2.24) is 15.3 Å². The van der Waals surface area contributed by atoms with Gasteiger partial charge in [-0.05, 0) is 39.0 Å². The fraction of sp³-hybridized carbons (Fsp3) is 0.429. The maximum atomic E-state index is 11.5. The SMILES string of the molecule is CC(C)(C)OC(=O)NCCSc1ccc2[nH]c(=O)[nH]c2c1. The topological polar surface area (TPSA) is 87.0 Å². The Morgan fingerprint density at radius 1 is 1.29 bits per heavy atom. The Morgan fingerprint density at radius 3 is 2.71 bits per heavy atom. The number of benzene rings is 1. The monoisotopic (exact) mass is 309 g/mol. The molecule has 0 spiro atoms. The number of imidazole rings is 1. The van der Waals surface area contributed by atoms with Gasteiger partial charge in [0.2, 0.25) is 0 Å². The molecule has 1 amide bonds. The third kappa shape index (κ3) is 4.86. The van der Waals surface area contributed by atoms with Crippen LogP contribution >= 0.6 is 11.8 Å². The Kier molecular flexibility index (Phi) is 4.62. The number of aromatic nitrogens is 2. The van der Waals surface area contributed by atoms with E-state index in [0.717, 1.165) is 21.7 Å². The lowest BCUT2D eigenvalue weighted by Crippen LogP contribution is -2.33. The van der Waals surface area contributed by atoms with Crippen LogP contribution in [0.15, 0.2) is 27.9 Å². The van der Waals surface area contributed by atoms with Crippen LogP contribution in [0.4, 0.5) is 4.79 Å². The van der Waals surface area contributed by atoms with E-state index in [1.807, 2.05) is 39.0 Å². The summed E-state index contributed by atoms with van der Waals surface area (Å²) in [6.45, 7) is 6.00. The lowest BCUT2D eigenvalue weighted by atomic mass is 10.2. The van der Waals surface area contributed by atoms with Gasteiger partial charge >= 0.3 is 11.8 Å². The van der Waals surface area contributed by atoms with Gasteiger partial charge in [0.25, 0.3) is 0 Å². The number of nitrogens with one attached hydrogen (secondary N) is 3. The summed E-state index contributed by atoms with van der Waals surface area (Å²) in [6.07, 6.45) is -0.409. The summed E-state index contributed by atoms with van der Waals surface area (Å²) >= 11 is 1.60. The highest BCUT2D eigenvalue weighted by molar-refractivity contribution is 7.99. The molecule has 0 radical (unpaired) electrons. The molecule has 0 saturated carbocycles. The van der Waals surface area contributed by atoms with Gasteiger partial charge in [0.1, 0.15) is 5.60 Å². The molecule has 0 aliphatic rings. The van der Waals surface area contributed by atoms with Crippen molar-refractivity contribution in [2.45, 2.75) is 31.3 Å². The molecule has 7 heteroatoms. The zero-order valence-electron chi connectivity index (χ0n) is 12.3. The molecular weight excluding hydrogens is 290 g/mol. The van der Waals surface area contributed by atoms with E-state index in [1.54, 1.807) is 11.8 Å². The largest absolute Gasteiger partial charge is 0.444 e. The molecule has 1 aromatic heterocycles. The quantitative estimate of drug-likeness (QED) is 0.598. The van der Waals surface area contributed by atoms with Crippen LogP contribution in [0, 0.1) is 0 Å². The van der Waals surface area contributed by atoms with Gasteiger partial charge in [0.15, 0.2) is 0 Å². The van der Waals surface area contributed by atoms with Gasteiger partial charge in [-0.15, -0.1) is 11.8 Å². The van der Waals surface area contributed by atoms with Crippen molar-refractivity contribution in [3.8, 4) is 0 Å². The first kappa shape index (κ1) is 15.5. The van der Waals surface area contributed by atoms with Gasteiger partial charge in [-0.2, -0.15) is 0 Å². The average molecular weight is 309 g/mol. The molecule has 6 nitrogen and oxygen atoms in total. The lowest BCUT2D eigenvalue weighted by Gasteiger charge is -2.19. The maximum Gasteiger partial charge on any atom is 0.407 e. The van der Waals surface area contributed by atoms with E-state index >= 15 is 0 Å². The van der Waals surface area contributed by atoms with Crippen molar-refractivity contribution in [3.63, 3.8) is 0 Å². The predicted octanol–water partition coefficient (Wildman–Crippen LogP) is 2.47. The summed E-state index contributed by atoms with van der Waals surface area (Å²) < 4.78 is 5.15. The number of thioether (sulfide) groups is 1. The number of alkyl carbamates (subject to hydrolysis) is 1. The van der Waals surface area contributed by atoms with Crippen molar-refractivity contribution < 1.29 is 9.53 Å².